The van der Waals surface area contributed by atoms with Crippen LogP contribution in [0.2, 0.25) is 0 Å². The largest absolute Gasteiger partial charge is 0.444 e. The fraction of sp³-hybridized carbons (Fsp3) is 0.533. The molecular formula is C15H20BrN5O3. The molecule has 9 heteroatoms. The average molecular weight is 398 g/mol. The number of hydrogen-bond donors (Lipinski definition) is 1. The number of amides is 1. The summed E-state index contributed by atoms with van der Waals surface area (Å²) in [4.78, 5) is 28.8. The van der Waals surface area contributed by atoms with Gasteiger partial charge in [0.25, 0.3) is 0 Å². The molecule has 0 saturated carbocycles. The molecule has 130 valence electrons. The lowest BCUT2D eigenvalue weighted by Crippen LogP contribution is -2.44. The monoisotopic (exact) mass is 397 g/mol. The summed E-state index contributed by atoms with van der Waals surface area (Å²) in [6, 6.07) is -0.274. The second-order valence-corrected chi connectivity index (χ2v) is 7.48. The van der Waals surface area contributed by atoms with Gasteiger partial charge in [0, 0.05) is 18.9 Å². The number of aromatic nitrogens is 4. The van der Waals surface area contributed by atoms with Crippen molar-refractivity contribution in [1.29, 1.82) is 0 Å². The summed E-state index contributed by atoms with van der Waals surface area (Å²) in [5, 5.41) is 4.45. The Kier molecular flexibility index (Phi) is 4.06. The van der Waals surface area contributed by atoms with Crippen molar-refractivity contribution in [2.75, 3.05) is 6.54 Å². The van der Waals surface area contributed by atoms with Gasteiger partial charge in [0.1, 0.15) is 11.3 Å². The molecule has 1 atom stereocenters. The molecule has 0 spiro atoms. The number of fused-ring (bicyclic) bond motifs is 1. The molecule has 3 rings (SSSR count). The molecule has 2 aromatic heterocycles. The topological polar surface area (TPSA) is 85.2 Å². The van der Waals surface area contributed by atoms with Gasteiger partial charge in [0.05, 0.1) is 18.3 Å². The molecule has 0 aromatic carbocycles. The van der Waals surface area contributed by atoms with E-state index in [0.717, 1.165) is 5.69 Å². The maximum absolute atomic E-state index is 12.5. The Morgan fingerprint density at radius 1 is 1.42 bits per heavy atom. The zero-order valence-corrected chi connectivity index (χ0v) is 15.6. The molecule has 2 aromatic rings. The first-order valence-electron chi connectivity index (χ1n) is 7.71. The van der Waals surface area contributed by atoms with E-state index in [4.69, 9.17) is 4.74 Å². The summed E-state index contributed by atoms with van der Waals surface area (Å²) in [5.74, 6) is 0. The van der Waals surface area contributed by atoms with Gasteiger partial charge in [0.15, 0.2) is 4.60 Å². The van der Waals surface area contributed by atoms with Gasteiger partial charge in [-0.3, -0.25) is 14.1 Å². The number of nitrogens with zero attached hydrogens (tertiary/aromatic N) is 4. The highest BCUT2D eigenvalue weighted by molar-refractivity contribution is 9.10. The van der Waals surface area contributed by atoms with Crippen molar-refractivity contribution in [1.82, 2.24) is 24.2 Å². The van der Waals surface area contributed by atoms with E-state index >= 15 is 0 Å². The zero-order valence-electron chi connectivity index (χ0n) is 14.0. The molecule has 1 N–H and O–H groups in total. The van der Waals surface area contributed by atoms with Crippen molar-refractivity contribution in [3.8, 4) is 5.69 Å². The fourth-order valence-corrected chi connectivity index (χ4v) is 3.44. The van der Waals surface area contributed by atoms with Crippen molar-refractivity contribution in [3.05, 3.63) is 33.2 Å². The second kappa shape index (κ2) is 5.80. The standard InChI is InChI=1S/C15H20BrN5O3/c1-9-10-11(20-6-5-17-13(20)22)12(16)18-21(10)8-7-19(9)14(23)24-15(2,3)4/h5-6,9H,7-8H2,1-4H3,(H,17,22). The third kappa shape index (κ3) is 2.88. The first-order valence-corrected chi connectivity index (χ1v) is 8.50. The van der Waals surface area contributed by atoms with Crippen molar-refractivity contribution in [2.45, 2.75) is 45.9 Å². The molecule has 8 nitrogen and oxygen atoms in total. The molecule has 0 radical (unpaired) electrons. The smallest absolute Gasteiger partial charge is 0.410 e. The maximum atomic E-state index is 12.5. The van der Waals surface area contributed by atoms with Crippen LogP contribution < -0.4 is 5.69 Å². The van der Waals surface area contributed by atoms with Crippen molar-refractivity contribution >= 4 is 22.0 Å². The lowest BCUT2D eigenvalue weighted by molar-refractivity contribution is 0.0120. The third-order valence-corrected chi connectivity index (χ3v) is 4.39. The molecule has 0 saturated heterocycles. The van der Waals surface area contributed by atoms with E-state index in [1.165, 1.54) is 4.57 Å². The highest BCUT2D eigenvalue weighted by atomic mass is 79.9. The van der Waals surface area contributed by atoms with E-state index in [0.29, 0.717) is 23.4 Å². The number of aromatic amines is 1. The molecule has 0 fully saturated rings. The van der Waals surface area contributed by atoms with E-state index in [-0.39, 0.29) is 17.8 Å². The van der Waals surface area contributed by atoms with E-state index in [1.807, 2.05) is 32.4 Å². The summed E-state index contributed by atoms with van der Waals surface area (Å²) < 4.78 is 9.37. The lowest BCUT2D eigenvalue weighted by atomic mass is 10.1. The first kappa shape index (κ1) is 16.8. The van der Waals surface area contributed by atoms with Crippen LogP contribution in [0.3, 0.4) is 0 Å². The summed E-state index contributed by atoms with van der Waals surface area (Å²) in [6.07, 6.45) is 2.84. The minimum Gasteiger partial charge on any atom is -0.444 e. The van der Waals surface area contributed by atoms with E-state index in [1.54, 1.807) is 17.3 Å². The number of nitrogens with one attached hydrogen (secondary N) is 1. The Morgan fingerprint density at radius 2 is 2.12 bits per heavy atom. The van der Waals surface area contributed by atoms with Gasteiger partial charge >= 0.3 is 11.8 Å². The summed E-state index contributed by atoms with van der Waals surface area (Å²) >= 11 is 3.43. The lowest BCUT2D eigenvalue weighted by Gasteiger charge is -2.35. The number of halogens is 1. The Hall–Kier alpha value is -2.03. The van der Waals surface area contributed by atoms with Crippen LogP contribution in [0, 0.1) is 0 Å². The normalized spacial score (nSPS) is 17.7. The van der Waals surface area contributed by atoms with E-state index in [2.05, 4.69) is 26.0 Å². The quantitative estimate of drug-likeness (QED) is 0.800. The van der Waals surface area contributed by atoms with Gasteiger partial charge in [-0.1, -0.05) is 0 Å². The van der Waals surface area contributed by atoms with Crippen molar-refractivity contribution in [3.63, 3.8) is 0 Å². The summed E-state index contributed by atoms with van der Waals surface area (Å²) in [7, 11) is 0. The van der Waals surface area contributed by atoms with Gasteiger partial charge in [-0.15, -0.1) is 0 Å². The molecule has 1 unspecified atom stereocenters. The minimum atomic E-state index is -0.560. The fourth-order valence-electron chi connectivity index (χ4n) is 2.85. The number of carbonyl (C=O) groups is 1. The predicted molar refractivity (Wildman–Crippen MR) is 91.2 cm³/mol. The van der Waals surface area contributed by atoms with Crippen LogP contribution in [0.4, 0.5) is 4.79 Å². The molecule has 3 heterocycles. The minimum absolute atomic E-state index is 0.256. The Balaban J connectivity index is 2.01. The third-order valence-electron chi connectivity index (χ3n) is 3.86. The van der Waals surface area contributed by atoms with Gasteiger partial charge in [-0.2, -0.15) is 5.10 Å². The number of rotatable bonds is 1. The summed E-state index contributed by atoms with van der Waals surface area (Å²) in [5.41, 5.74) is 0.617. The van der Waals surface area contributed by atoms with Crippen LogP contribution in [-0.4, -0.2) is 42.5 Å². The molecule has 0 bridgehead atoms. The SMILES string of the molecule is CC1c2c(-n3cc[nH]c3=O)c(Br)nn2CCN1C(=O)OC(C)(C)C. The van der Waals surface area contributed by atoms with Crippen molar-refractivity contribution < 1.29 is 9.53 Å². The van der Waals surface area contributed by atoms with Gasteiger partial charge in [0.2, 0.25) is 0 Å². The summed E-state index contributed by atoms with van der Waals surface area (Å²) in [6.45, 7) is 8.46. The number of imidazole rings is 1. The average Bonchev–Trinajstić information content (AvgIpc) is 3.00. The van der Waals surface area contributed by atoms with E-state index < -0.39 is 5.60 Å². The number of H-pyrrole nitrogens is 1. The van der Waals surface area contributed by atoms with Crippen LogP contribution in [0.25, 0.3) is 5.69 Å². The van der Waals surface area contributed by atoms with Crippen LogP contribution >= 0.6 is 15.9 Å². The molecule has 1 aliphatic rings. The molecule has 0 aliphatic carbocycles. The van der Waals surface area contributed by atoms with E-state index in [9.17, 15) is 9.59 Å². The Bertz CT molecular complexity index is 829. The number of ether oxygens (including phenoxy) is 1. The van der Waals surface area contributed by atoms with Gasteiger partial charge in [-0.25, -0.2) is 9.59 Å². The molecule has 1 aliphatic heterocycles. The first-order chi connectivity index (χ1) is 11.2. The number of hydrogen-bond acceptors (Lipinski definition) is 4. The highest BCUT2D eigenvalue weighted by Crippen LogP contribution is 2.34. The van der Waals surface area contributed by atoms with Crippen molar-refractivity contribution in [2.24, 2.45) is 0 Å². The maximum Gasteiger partial charge on any atom is 0.410 e. The molecule has 1 amide bonds. The van der Waals surface area contributed by atoms with Gasteiger partial charge in [-0.05, 0) is 43.6 Å². The second-order valence-electron chi connectivity index (χ2n) is 6.73. The van der Waals surface area contributed by atoms with Gasteiger partial charge < -0.3 is 9.72 Å². The van der Waals surface area contributed by atoms with Crippen LogP contribution in [0.15, 0.2) is 21.8 Å². The Morgan fingerprint density at radius 3 is 2.71 bits per heavy atom. The van der Waals surface area contributed by atoms with Crippen LogP contribution in [-0.2, 0) is 11.3 Å². The highest BCUT2D eigenvalue weighted by Gasteiger charge is 2.35. The predicted octanol–water partition coefficient (Wildman–Crippen LogP) is 2.44. The molecular weight excluding hydrogens is 378 g/mol. The molecule has 24 heavy (non-hydrogen) atoms. The zero-order chi connectivity index (χ0) is 17.6. The Labute approximate surface area is 147 Å². The number of carbonyl (C=O) groups excluding carboxylic acids is 1. The van der Waals surface area contributed by atoms with Crippen LogP contribution in [0.5, 0.6) is 0 Å². The van der Waals surface area contributed by atoms with Crippen LogP contribution in [0.1, 0.15) is 39.4 Å².